The largest absolute Gasteiger partial charge is 0.376 e. The maximum absolute atomic E-state index is 13.8. The molecule has 3 aromatic heterocycles. The molecule has 0 radical (unpaired) electrons. The van der Waals surface area contributed by atoms with E-state index in [9.17, 15) is 4.79 Å². The number of hydrogen-bond donors (Lipinski definition) is 0. The van der Waals surface area contributed by atoms with E-state index in [0.29, 0.717) is 46.1 Å². The smallest absolute Gasteiger partial charge is 0.265 e. The van der Waals surface area contributed by atoms with Crippen molar-refractivity contribution in [2.24, 2.45) is 0 Å². The van der Waals surface area contributed by atoms with Crippen LogP contribution in [-0.4, -0.2) is 36.8 Å². The zero-order valence-corrected chi connectivity index (χ0v) is 18.9. The van der Waals surface area contributed by atoms with E-state index in [1.54, 1.807) is 4.57 Å². The summed E-state index contributed by atoms with van der Waals surface area (Å²) in [5, 5.41) is 1.11. The molecule has 0 saturated carbocycles. The van der Waals surface area contributed by atoms with Gasteiger partial charge in [-0.25, -0.2) is 15.0 Å². The van der Waals surface area contributed by atoms with Crippen molar-refractivity contribution in [3.05, 3.63) is 75.3 Å². The Kier molecular flexibility index (Phi) is 4.89. The number of halogens is 1. The molecule has 1 fully saturated rings. The van der Waals surface area contributed by atoms with E-state index in [1.807, 2.05) is 60.0 Å². The third-order valence-corrected chi connectivity index (χ3v) is 6.71. The van der Waals surface area contributed by atoms with Gasteiger partial charge in [0.15, 0.2) is 11.3 Å². The van der Waals surface area contributed by atoms with Gasteiger partial charge in [-0.15, -0.1) is 0 Å². The summed E-state index contributed by atoms with van der Waals surface area (Å²) in [6.07, 6.45) is 2.09. The molecule has 8 heteroatoms. The predicted octanol–water partition coefficient (Wildman–Crippen LogP) is 4.48. The first-order valence-corrected chi connectivity index (χ1v) is 11.5. The van der Waals surface area contributed by atoms with Gasteiger partial charge in [-0.05, 0) is 43.5 Å². The van der Waals surface area contributed by atoms with E-state index < -0.39 is 0 Å². The zero-order chi connectivity index (χ0) is 22.5. The Morgan fingerprint density at radius 3 is 2.52 bits per heavy atom. The Hall–Kier alpha value is -3.29. The molecule has 1 saturated heterocycles. The summed E-state index contributed by atoms with van der Waals surface area (Å²) in [7, 11) is 0. The van der Waals surface area contributed by atoms with Crippen LogP contribution in [0.15, 0.2) is 53.3 Å². The van der Waals surface area contributed by atoms with E-state index in [4.69, 9.17) is 31.3 Å². The van der Waals surface area contributed by atoms with Crippen LogP contribution in [0.5, 0.6) is 0 Å². The molecule has 0 amide bonds. The summed E-state index contributed by atoms with van der Waals surface area (Å²) in [5.74, 6) is 0.619. The third-order valence-electron chi connectivity index (χ3n) is 6.34. The molecule has 0 spiro atoms. The second-order valence-corrected chi connectivity index (χ2v) is 8.88. The highest BCUT2D eigenvalue weighted by atomic mass is 35.5. The van der Waals surface area contributed by atoms with E-state index in [-0.39, 0.29) is 11.7 Å². The first kappa shape index (κ1) is 20.3. The van der Waals surface area contributed by atoms with Gasteiger partial charge >= 0.3 is 0 Å². The average Bonchev–Trinajstić information content (AvgIpc) is 3.43. The van der Waals surface area contributed by atoms with Gasteiger partial charge in [0.1, 0.15) is 16.7 Å². The normalized spacial score (nSPS) is 16.4. The Balaban J connectivity index is 1.63. The fraction of sp³-hybridized carbons (Fsp3) is 0.280. The molecule has 7 nitrogen and oxygen atoms in total. The molecule has 1 aliphatic heterocycles. The van der Waals surface area contributed by atoms with Crippen LogP contribution >= 0.6 is 11.6 Å². The SMILES string of the molecule is Cc1nc2c(c(=O)n1Cc1ccccc1Cl)c1nc3ccccc3nc1n2CC1CCCO1. The quantitative estimate of drug-likeness (QED) is 0.396. The minimum atomic E-state index is -0.141. The number of aromatic nitrogens is 5. The van der Waals surface area contributed by atoms with E-state index in [0.717, 1.165) is 36.0 Å². The fourth-order valence-corrected chi connectivity index (χ4v) is 4.84. The molecular formula is C25H22ClN5O2. The molecule has 33 heavy (non-hydrogen) atoms. The van der Waals surface area contributed by atoms with Crippen molar-refractivity contribution >= 4 is 44.8 Å². The summed E-state index contributed by atoms with van der Waals surface area (Å²) in [5.41, 5.74) is 4.11. The summed E-state index contributed by atoms with van der Waals surface area (Å²) >= 11 is 6.38. The van der Waals surface area contributed by atoms with E-state index in [2.05, 4.69) is 0 Å². The van der Waals surface area contributed by atoms with E-state index >= 15 is 0 Å². The monoisotopic (exact) mass is 459 g/mol. The summed E-state index contributed by atoms with van der Waals surface area (Å²) in [6, 6.07) is 15.3. The lowest BCUT2D eigenvalue weighted by atomic mass is 10.2. The van der Waals surface area contributed by atoms with Crippen LogP contribution in [0.1, 0.15) is 24.2 Å². The number of fused-ring (bicyclic) bond motifs is 4. The van der Waals surface area contributed by atoms with Gasteiger partial charge in [-0.2, -0.15) is 0 Å². The van der Waals surface area contributed by atoms with Crippen molar-refractivity contribution in [1.29, 1.82) is 0 Å². The summed E-state index contributed by atoms with van der Waals surface area (Å²) in [4.78, 5) is 28.5. The van der Waals surface area contributed by atoms with Crippen molar-refractivity contribution in [2.75, 3.05) is 6.61 Å². The van der Waals surface area contributed by atoms with Crippen LogP contribution in [-0.2, 0) is 17.8 Å². The number of rotatable bonds is 4. The zero-order valence-electron chi connectivity index (χ0n) is 18.2. The number of hydrogen-bond acceptors (Lipinski definition) is 5. The summed E-state index contributed by atoms with van der Waals surface area (Å²) < 4.78 is 9.56. The predicted molar refractivity (Wildman–Crippen MR) is 129 cm³/mol. The Morgan fingerprint density at radius 2 is 1.76 bits per heavy atom. The molecule has 0 aliphatic carbocycles. The third kappa shape index (κ3) is 3.39. The second kappa shape index (κ2) is 7.93. The van der Waals surface area contributed by atoms with Crippen LogP contribution < -0.4 is 5.56 Å². The second-order valence-electron chi connectivity index (χ2n) is 8.47. The van der Waals surface area contributed by atoms with Crippen LogP contribution in [0.25, 0.3) is 33.2 Å². The fourth-order valence-electron chi connectivity index (χ4n) is 4.64. The number of benzene rings is 2. The van der Waals surface area contributed by atoms with Crippen LogP contribution in [0, 0.1) is 6.92 Å². The minimum Gasteiger partial charge on any atom is -0.376 e. The molecule has 0 bridgehead atoms. The van der Waals surface area contributed by atoms with Gasteiger partial charge in [0.05, 0.1) is 30.2 Å². The number of para-hydroxylation sites is 2. The summed E-state index contributed by atoms with van der Waals surface area (Å²) in [6.45, 7) is 3.54. The first-order valence-electron chi connectivity index (χ1n) is 11.1. The molecule has 1 atom stereocenters. The molecule has 0 N–H and O–H groups in total. The van der Waals surface area contributed by atoms with Crippen LogP contribution in [0.4, 0.5) is 0 Å². The minimum absolute atomic E-state index is 0.0738. The standard InChI is InChI=1S/C25H22ClN5O2/c1-15-27-23-21(25(32)30(15)13-16-7-2-3-9-18(16)26)22-24(31(23)14-17-8-6-12-33-17)29-20-11-5-4-10-19(20)28-22/h2-5,7,9-11,17H,6,8,12-14H2,1H3. The lowest BCUT2D eigenvalue weighted by Crippen LogP contribution is -2.25. The highest BCUT2D eigenvalue weighted by molar-refractivity contribution is 6.31. The van der Waals surface area contributed by atoms with Gasteiger partial charge in [-0.1, -0.05) is 41.9 Å². The molecule has 6 rings (SSSR count). The molecule has 166 valence electrons. The lowest BCUT2D eigenvalue weighted by Gasteiger charge is -2.14. The highest BCUT2D eigenvalue weighted by Gasteiger charge is 2.25. The van der Waals surface area contributed by atoms with Crippen molar-refractivity contribution in [3.8, 4) is 0 Å². The maximum atomic E-state index is 13.8. The molecule has 2 aromatic carbocycles. The van der Waals surface area contributed by atoms with Crippen molar-refractivity contribution in [2.45, 2.75) is 39.0 Å². The van der Waals surface area contributed by atoms with Crippen LogP contribution in [0.3, 0.4) is 0 Å². The van der Waals surface area contributed by atoms with Crippen molar-refractivity contribution in [1.82, 2.24) is 24.1 Å². The average molecular weight is 460 g/mol. The van der Waals surface area contributed by atoms with Gasteiger partial charge in [0.25, 0.3) is 5.56 Å². The Bertz CT molecular complexity index is 1580. The highest BCUT2D eigenvalue weighted by Crippen LogP contribution is 2.28. The molecule has 4 heterocycles. The topological polar surface area (TPSA) is 74.8 Å². The van der Waals surface area contributed by atoms with Crippen molar-refractivity contribution < 1.29 is 4.74 Å². The van der Waals surface area contributed by atoms with Crippen molar-refractivity contribution in [3.63, 3.8) is 0 Å². The number of aryl methyl sites for hydroxylation is 1. The molecular weight excluding hydrogens is 438 g/mol. The van der Waals surface area contributed by atoms with Gasteiger partial charge < -0.3 is 9.30 Å². The molecule has 1 unspecified atom stereocenters. The molecule has 5 aromatic rings. The lowest BCUT2D eigenvalue weighted by molar-refractivity contribution is 0.0987. The number of nitrogens with zero attached hydrogens (tertiary/aromatic N) is 5. The van der Waals surface area contributed by atoms with Crippen LogP contribution in [0.2, 0.25) is 5.02 Å². The van der Waals surface area contributed by atoms with Gasteiger partial charge in [-0.3, -0.25) is 9.36 Å². The Labute approximate surface area is 194 Å². The van der Waals surface area contributed by atoms with E-state index in [1.165, 1.54) is 0 Å². The first-order chi connectivity index (χ1) is 16.1. The maximum Gasteiger partial charge on any atom is 0.265 e. The Morgan fingerprint density at radius 1 is 1.00 bits per heavy atom. The van der Waals surface area contributed by atoms with Gasteiger partial charge in [0, 0.05) is 11.6 Å². The molecule has 1 aliphatic rings. The van der Waals surface area contributed by atoms with Gasteiger partial charge in [0.2, 0.25) is 0 Å². The number of ether oxygens (including phenoxy) is 1.